The number of rotatable bonds is 5. The number of methoxy groups -OCH3 is 1. The van der Waals surface area contributed by atoms with Gasteiger partial charge in [-0.2, -0.15) is 0 Å². The number of pyridine rings is 1. The van der Waals surface area contributed by atoms with Gasteiger partial charge in [0.05, 0.1) is 18.7 Å². The molecule has 3 aliphatic rings. The normalized spacial score (nSPS) is 27.9. The van der Waals surface area contributed by atoms with Crippen LogP contribution in [0.2, 0.25) is 0 Å². The molecule has 2 bridgehead atoms. The van der Waals surface area contributed by atoms with E-state index in [1.165, 1.54) is 13.3 Å². The summed E-state index contributed by atoms with van der Waals surface area (Å²) in [6, 6.07) is 7.99. The van der Waals surface area contributed by atoms with Crippen molar-refractivity contribution in [3.63, 3.8) is 0 Å². The zero-order valence-electron chi connectivity index (χ0n) is 15.9. The van der Waals surface area contributed by atoms with E-state index in [1.807, 2.05) is 24.3 Å². The molecule has 0 amide bonds. The highest BCUT2D eigenvalue weighted by atomic mass is 16.5. The molecule has 5 rings (SSSR count). The van der Waals surface area contributed by atoms with Crippen molar-refractivity contribution in [2.75, 3.05) is 20.2 Å². The zero-order valence-corrected chi connectivity index (χ0v) is 15.9. The molecule has 1 unspecified atom stereocenters. The molecule has 0 spiro atoms. The minimum Gasteiger partial charge on any atom is -0.497 e. The molecule has 27 heavy (non-hydrogen) atoms. The van der Waals surface area contributed by atoms with Gasteiger partial charge in [-0.25, -0.2) is 0 Å². The monoisotopic (exact) mass is 366 g/mol. The molecule has 0 N–H and O–H groups in total. The number of aromatic nitrogens is 1. The molecule has 0 saturated carbocycles. The van der Waals surface area contributed by atoms with Crippen LogP contribution in [0, 0.1) is 11.8 Å². The summed E-state index contributed by atoms with van der Waals surface area (Å²) in [5.74, 6) is 1.66. The third-order valence-corrected chi connectivity index (χ3v) is 6.09. The average molecular weight is 366 g/mol. The molecule has 1 aromatic carbocycles. The third-order valence-electron chi connectivity index (χ3n) is 6.09. The second kappa shape index (κ2) is 7.31. The van der Waals surface area contributed by atoms with Crippen molar-refractivity contribution in [2.45, 2.75) is 31.9 Å². The number of benzene rings is 1. The Bertz CT molecular complexity index is 866. The van der Waals surface area contributed by atoms with Crippen LogP contribution in [-0.2, 0) is 9.53 Å². The van der Waals surface area contributed by atoms with Gasteiger partial charge in [-0.15, -0.1) is 6.58 Å². The molecule has 3 aliphatic heterocycles. The summed E-state index contributed by atoms with van der Waals surface area (Å²) in [4.78, 5) is 18.9. The predicted octanol–water partition coefficient (Wildman–Crippen LogP) is 3.74. The molecule has 3 saturated heterocycles. The summed E-state index contributed by atoms with van der Waals surface area (Å²) < 4.78 is 11.3. The van der Waals surface area contributed by atoms with Crippen LogP contribution >= 0.6 is 0 Å². The maximum absolute atomic E-state index is 12.0. The first-order valence-corrected chi connectivity index (χ1v) is 9.57. The fraction of sp³-hybridized carbons (Fsp3) is 0.455. The first kappa shape index (κ1) is 18.0. The molecular formula is C22H26N2O3. The van der Waals surface area contributed by atoms with Crippen LogP contribution in [0.1, 0.15) is 31.4 Å². The van der Waals surface area contributed by atoms with Crippen molar-refractivity contribution in [1.29, 1.82) is 0 Å². The Kier molecular flexibility index (Phi) is 4.87. The van der Waals surface area contributed by atoms with Crippen LogP contribution < -0.4 is 4.74 Å². The van der Waals surface area contributed by atoms with Crippen LogP contribution in [0.25, 0.3) is 10.9 Å². The van der Waals surface area contributed by atoms with E-state index < -0.39 is 0 Å². The number of esters is 1. The minimum atomic E-state index is -0.311. The highest BCUT2D eigenvalue weighted by Gasteiger charge is 2.44. The molecule has 142 valence electrons. The number of hydrogen-bond donors (Lipinski definition) is 0. The van der Waals surface area contributed by atoms with Crippen molar-refractivity contribution >= 4 is 16.9 Å². The van der Waals surface area contributed by atoms with Gasteiger partial charge in [0.15, 0.2) is 0 Å². The van der Waals surface area contributed by atoms with Gasteiger partial charge in [0, 0.05) is 30.6 Å². The van der Waals surface area contributed by atoms with Gasteiger partial charge in [0.25, 0.3) is 0 Å². The van der Waals surface area contributed by atoms with E-state index in [0.29, 0.717) is 11.8 Å². The molecule has 3 fully saturated rings. The lowest BCUT2D eigenvalue weighted by molar-refractivity contribution is -0.154. The highest BCUT2D eigenvalue weighted by molar-refractivity contribution is 5.84. The van der Waals surface area contributed by atoms with Crippen molar-refractivity contribution < 1.29 is 14.3 Å². The van der Waals surface area contributed by atoms with Gasteiger partial charge in [-0.3, -0.25) is 14.7 Å². The van der Waals surface area contributed by atoms with Gasteiger partial charge in [0.2, 0.25) is 0 Å². The highest BCUT2D eigenvalue weighted by Crippen LogP contribution is 2.43. The summed E-state index contributed by atoms with van der Waals surface area (Å²) in [5.41, 5.74) is 1.88. The van der Waals surface area contributed by atoms with E-state index in [1.54, 1.807) is 13.3 Å². The molecule has 5 heteroatoms. The summed E-state index contributed by atoms with van der Waals surface area (Å²) in [7, 11) is 1.65. The standard InChI is InChI=1S/C22H26N2O3/c1-4-15-13-24-10-8-16(15)11-21(24)22(27-14(2)25)18-7-9-23-20-6-5-17(26-3)12-19(18)20/h4-7,9,12,15-16,21-22H,1,8,10-11,13H2,2-3H3/t15-,16-,21+,22+/m0/s1. The van der Waals surface area contributed by atoms with Crippen molar-refractivity contribution in [1.82, 2.24) is 9.88 Å². The fourth-order valence-electron chi connectivity index (χ4n) is 4.74. The Hall–Kier alpha value is -2.40. The number of hydrogen-bond acceptors (Lipinski definition) is 5. The van der Waals surface area contributed by atoms with Crippen molar-refractivity contribution in [2.24, 2.45) is 11.8 Å². The summed E-state index contributed by atoms with van der Waals surface area (Å²) in [6.45, 7) is 7.53. The molecule has 5 nitrogen and oxygen atoms in total. The van der Waals surface area contributed by atoms with E-state index in [9.17, 15) is 4.79 Å². The van der Waals surface area contributed by atoms with Gasteiger partial charge in [-0.05, 0) is 55.5 Å². The Morgan fingerprint density at radius 1 is 1.41 bits per heavy atom. The number of ether oxygens (including phenoxy) is 2. The van der Waals surface area contributed by atoms with Gasteiger partial charge >= 0.3 is 5.97 Å². The maximum Gasteiger partial charge on any atom is 0.303 e. The molecule has 2 aromatic rings. The third kappa shape index (κ3) is 3.32. The number of piperidine rings is 3. The number of nitrogens with zero attached hydrogens (tertiary/aromatic N) is 2. The second-order valence-electron chi connectivity index (χ2n) is 7.56. The Labute approximate surface area is 160 Å². The Balaban J connectivity index is 1.76. The first-order chi connectivity index (χ1) is 13.1. The Morgan fingerprint density at radius 3 is 2.93 bits per heavy atom. The van der Waals surface area contributed by atoms with Crippen LogP contribution in [-0.4, -0.2) is 42.1 Å². The van der Waals surface area contributed by atoms with Crippen LogP contribution in [0.5, 0.6) is 5.75 Å². The quantitative estimate of drug-likeness (QED) is 0.596. The largest absolute Gasteiger partial charge is 0.497 e. The fourth-order valence-corrected chi connectivity index (χ4v) is 4.74. The molecule has 0 radical (unpaired) electrons. The Morgan fingerprint density at radius 2 is 2.26 bits per heavy atom. The van der Waals surface area contributed by atoms with Crippen molar-refractivity contribution in [3.05, 3.63) is 48.7 Å². The van der Waals surface area contributed by atoms with E-state index in [2.05, 4.69) is 22.5 Å². The minimum absolute atomic E-state index is 0.181. The summed E-state index contributed by atoms with van der Waals surface area (Å²) in [6.07, 6.45) is 5.77. The first-order valence-electron chi connectivity index (χ1n) is 9.57. The molecule has 4 heterocycles. The second-order valence-corrected chi connectivity index (χ2v) is 7.56. The molecule has 0 aliphatic carbocycles. The topological polar surface area (TPSA) is 51.7 Å². The molecule has 5 atom stereocenters. The molecule has 1 aromatic heterocycles. The number of fused-ring (bicyclic) bond motifs is 4. The lowest BCUT2D eigenvalue weighted by Gasteiger charge is -2.51. The van der Waals surface area contributed by atoms with Gasteiger partial charge < -0.3 is 9.47 Å². The number of carbonyl (C=O) groups excluding carboxylic acids is 1. The van der Waals surface area contributed by atoms with Crippen LogP contribution in [0.4, 0.5) is 0 Å². The predicted molar refractivity (Wildman–Crippen MR) is 105 cm³/mol. The van der Waals surface area contributed by atoms with Crippen LogP contribution in [0.15, 0.2) is 43.1 Å². The van der Waals surface area contributed by atoms with E-state index in [-0.39, 0.29) is 18.1 Å². The number of carbonyl (C=O) groups is 1. The average Bonchev–Trinajstić information content (AvgIpc) is 2.71. The van der Waals surface area contributed by atoms with E-state index in [0.717, 1.165) is 41.7 Å². The summed E-state index contributed by atoms with van der Waals surface area (Å²) >= 11 is 0. The lowest BCUT2D eigenvalue weighted by atomic mass is 9.73. The smallest absolute Gasteiger partial charge is 0.303 e. The van der Waals surface area contributed by atoms with Gasteiger partial charge in [0.1, 0.15) is 11.9 Å². The van der Waals surface area contributed by atoms with E-state index >= 15 is 0 Å². The van der Waals surface area contributed by atoms with Crippen LogP contribution in [0.3, 0.4) is 0 Å². The van der Waals surface area contributed by atoms with Crippen molar-refractivity contribution in [3.8, 4) is 5.75 Å². The SMILES string of the molecule is C=C[C@H]1CN2CC[C@H]1C[C@@H]2[C@H](OC(C)=O)c1ccnc2ccc(OC)cc12. The van der Waals surface area contributed by atoms with E-state index in [4.69, 9.17) is 9.47 Å². The van der Waals surface area contributed by atoms with Gasteiger partial charge in [-0.1, -0.05) is 6.08 Å². The maximum atomic E-state index is 12.0. The molecular weight excluding hydrogens is 340 g/mol. The zero-order chi connectivity index (χ0) is 19.0. The summed E-state index contributed by atoms with van der Waals surface area (Å²) in [5, 5.41) is 0.978. The lowest BCUT2D eigenvalue weighted by Crippen LogP contribution is -2.55.